The molecular formula is C9H11ClO2. The van der Waals surface area contributed by atoms with Crippen LogP contribution in [-0.2, 0) is 4.74 Å². The van der Waals surface area contributed by atoms with Crippen LogP contribution in [0.3, 0.4) is 0 Å². The molecule has 0 aliphatic carbocycles. The number of benzene rings is 1. The molecule has 0 amide bonds. The van der Waals surface area contributed by atoms with Crippen LogP contribution >= 0.6 is 11.6 Å². The summed E-state index contributed by atoms with van der Waals surface area (Å²) in [5.41, 5.74) is 0.821. The predicted octanol–water partition coefficient (Wildman–Crippen LogP) is 2.02. The van der Waals surface area contributed by atoms with Crippen LogP contribution in [-0.4, -0.2) is 18.8 Å². The van der Waals surface area contributed by atoms with E-state index in [9.17, 15) is 5.11 Å². The largest absolute Gasteiger partial charge is 0.386 e. The van der Waals surface area contributed by atoms with Crippen LogP contribution in [0.5, 0.6) is 0 Å². The third-order valence-electron chi connectivity index (χ3n) is 1.58. The first kappa shape index (κ1) is 9.52. The summed E-state index contributed by atoms with van der Waals surface area (Å²) >= 11 is 5.68. The summed E-state index contributed by atoms with van der Waals surface area (Å²) in [6.07, 6.45) is -0.563. The van der Waals surface area contributed by atoms with Crippen LogP contribution in [0.15, 0.2) is 24.3 Å². The van der Waals surface area contributed by atoms with Gasteiger partial charge in [0, 0.05) is 12.1 Å². The SMILES string of the molecule is COC[C@@H](O)c1ccc(Cl)cc1. The molecule has 12 heavy (non-hydrogen) atoms. The van der Waals surface area contributed by atoms with E-state index in [1.807, 2.05) is 0 Å². The zero-order valence-corrected chi connectivity index (χ0v) is 7.58. The van der Waals surface area contributed by atoms with Gasteiger partial charge in [0.05, 0.1) is 6.61 Å². The van der Waals surface area contributed by atoms with Gasteiger partial charge in [-0.3, -0.25) is 0 Å². The fourth-order valence-corrected chi connectivity index (χ4v) is 1.07. The van der Waals surface area contributed by atoms with Crippen molar-refractivity contribution in [2.45, 2.75) is 6.10 Å². The van der Waals surface area contributed by atoms with Crippen LogP contribution in [0, 0.1) is 0 Å². The normalized spacial score (nSPS) is 12.9. The summed E-state index contributed by atoms with van der Waals surface area (Å²) in [6.45, 7) is 0.307. The Hall–Kier alpha value is -0.570. The van der Waals surface area contributed by atoms with Gasteiger partial charge in [-0.05, 0) is 17.7 Å². The minimum absolute atomic E-state index is 0.307. The molecule has 2 nitrogen and oxygen atoms in total. The quantitative estimate of drug-likeness (QED) is 0.783. The van der Waals surface area contributed by atoms with Gasteiger partial charge in [0.1, 0.15) is 6.10 Å². The summed E-state index contributed by atoms with van der Waals surface area (Å²) in [7, 11) is 1.55. The van der Waals surface area contributed by atoms with Gasteiger partial charge >= 0.3 is 0 Å². The smallest absolute Gasteiger partial charge is 0.102 e. The van der Waals surface area contributed by atoms with Gasteiger partial charge in [0.2, 0.25) is 0 Å². The number of halogens is 1. The Bertz CT molecular complexity index is 233. The average molecular weight is 187 g/mol. The summed E-state index contributed by atoms with van der Waals surface area (Å²) < 4.78 is 4.81. The van der Waals surface area contributed by atoms with Gasteiger partial charge in [0.25, 0.3) is 0 Å². The molecule has 0 radical (unpaired) electrons. The Labute approximate surface area is 76.7 Å². The monoisotopic (exact) mass is 186 g/mol. The number of aliphatic hydroxyl groups excluding tert-OH is 1. The lowest BCUT2D eigenvalue weighted by molar-refractivity contribution is 0.0644. The van der Waals surface area contributed by atoms with Gasteiger partial charge in [-0.15, -0.1) is 0 Å². The van der Waals surface area contributed by atoms with Crippen LogP contribution in [0.4, 0.5) is 0 Å². The second kappa shape index (κ2) is 4.45. The molecule has 0 fully saturated rings. The zero-order valence-electron chi connectivity index (χ0n) is 6.83. The second-order valence-corrected chi connectivity index (χ2v) is 2.96. The molecule has 0 unspecified atom stereocenters. The maximum Gasteiger partial charge on any atom is 0.102 e. The Balaban J connectivity index is 2.68. The van der Waals surface area contributed by atoms with E-state index in [2.05, 4.69) is 0 Å². The number of hydrogen-bond acceptors (Lipinski definition) is 2. The maximum absolute atomic E-state index is 9.44. The van der Waals surface area contributed by atoms with E-state index in [0.29, 0.717) is 11.6 Å². The number of methoxy groups -OCH3 is 1. The summed E-state index contributed by atoms with van der Waals surface area (Å²) in [5, 5.41) is 10.1. The molecule has 66 valence electrons. The fourth-order valence-electron chi connectivity index (χ4n) is 0.939. The van der Waals surface area contributed by atoms with Crippen molar-refractivity contribution in [1.29, 1.82) is 0 Å². The lowest BCUT2D eigenvalue weighted by atomic mass is 10.1. The third kappa shape index (κ3) is 2.48. The summed E-state index contributed by atoms with van der Waals surface area (Å²) in [6, 6.07) is 7.06. The highest BCUT2D eigenvalue weighted by Crippen LogP contribution is 2.16. The van der Waals surface area contributed by atoms with Crippen molar-refractivity contribution in [2.24, 2.45) is 0 Å². The van der Waals surface area contributed by atoms with Crippen molar-refractivity contribution in [3.63, 3.8) is 0 Å². The van der Waals surface area contributed by atoms with Crippen molar-refractivity contribution in [3.05, 3.63) is 34.9 Å². The van der Waals surface area contributed by atoms with Crippen molar-refractivity contribution in [3.8, 4) is 0 Å². The van der Waals surface area contributed by atoms with E-state index < -0.39 is 6.10 Å². The molecule has 0 saturated carbocycles. The van der Waals surface area contributed by atoms with E-state index >= 15 is 0 Å². The van der Waals surface area contributed by atoms with E-state index in [1.165, 1.54) is 0 Å². The highest BCUT2D eigenvalue weighted by molar-refractivity contribution is 6.30. The zero-order chi connectivity index (χ0) is 8.97. The first-order valence-corrected chi connectivity index (χ1v) is 4.04. The van der Waals surface area contributed by atoms with Crippen molar-refractivity contribution >= 4 is 11.6 Å². The van der Waals surface area contributed by atoms with Crippen LogP contribution in [0.1, 0.15) is 11.7 Å². The molecule has 1 aromatic rings. The topological polar surface area (TPSA) is 29.5 Å². The molecule has 1 aromatic carbocycles. The highest BCUT2D eigenvalue weighted by atomic mass is 35.5. The molecule has 3 heteroatoms. The van der Waals surface area contributed by atoms with Crippen LogP contribution in [0.2, 0.25) is 5.02 Å². The number of aliphatic hydroxyl groups is 1. The number of ether oxygens (including phenoxy) is 1. The number of hydrogen-bond donors (Lipinski definition) is 1. The fraction of sp³-hybridized carbons (Fsp3) is 0.333. The average Bonchev–Trinajstić information content (AvgIpc) is 2.06. The van der Waals surface area contributed by atoms with E-state index in [1.54, 1.807) is 31.4 Å². The minimum Gasteiger partial charge on any atom is -0.386 e. The van der Waals surface area contributed by atoms with Crippen molar-refractivity contribution in [2.75, 3.05) is 13.7 Å². The molecule has 0 heterocycles. The molecule has 0 aliphatic rings. The Morgan fingerprint density at radius 3 is 2.50 bits per heavy atom. The number of rotatable bonds is 3. The van der Waals surface area contributed by atoms with Crippen molar-refractivity contribution in [1.82, 2.24) is 0 Å². The minimum atomic E-state index is -0.563. The van der Waals surface area contributed by atoms with E-state index in [4.69, 9.17) is 16.3 Å². The summed E-state index contributed by atoms with van der Waals surface area (Å²) in [4.78, 5) is 0. The summed E-state index contributed by atoms with van der Waals surface area (Å²) in [5.74, 6) is 0. The first-order chi connectivity index (χ1) is 5.74. The molecule has 1 rings (SSSR count). The Morgan fingerprint density at radius 2 is 2.00 bits per heavy atom. The third-order valence-corrected chi connectivity index (χ3v) is 1.83. The Kier molecular flexibility index (Phi) is 3.53. The van der Waals surface area contributed by atoms with Gasteiger partial charge in [-0.2, -0.15) is 0 Å². The lowest BCUT2D eigenvalue weighted by Gasteiger charge is -2.08. The van der Waals surface area contributed by atoms with E-state index in [-0.39, 0.29) is 0 Å². The Morgan fingerprint density at radius 1 is 1.42 bits per heavy atom. The maximum atomic E-state index is 9.44. The molecule has 0 saturated heterocycles. The van der Waals surface area contributed by atoms with Crippen molar-refractivity contribution < 1.29 is 9.84 Å². The van der Waals surface area contributed by atoms with Gasteiger partial charge < -0.3 is 9.84 Å². The lowest BCUT2D eigenvalue weighted by Crippen LogP contribution is -2.04. The molecular weight excluding hydrogens is 176 g/mol. The molecule has 1 atom stereocenters. The first-order valence-electron chi connectivity index (χ1n) is 3.66. The van der Waals surface area contributed by atoms with Gasteiger partial charge in [0.15, 0.2) is 0 Å². The molecule has 1 N–H and O–H groups in total. The van der Waals surface area contributed by atoms with Crippen LogP contribution in [0.25, 0.3) is 0 Å². The molecule has 0 aromatic heterocycles. The van der Waals surface area contributed by atoms with E-state index in [0.717, 1.165) is 5.56 Å². The predicted molar refractivity (Wildman–Crippen MR) is 48.3 cm³/mol. The standard InChI is InChI=1S/C9H11ClO2/c1-12-6-9(11)7-2-4-8(10)5-3-7/h2-5,9,11H,6H2,1H3/t9-/m1/s1. The molecule has 0 spiro atoms. The highest BCUT2D eigenvalue weighted by Gasteiger charge is 2.05. The second-order valence-electron chi connectivity index (χ2n) is 2.52. The van der Waals surface area contributed by atoms with Gasteiger partial charge in [-0.1, -0.05) is 23.7 Å². The van der Waals surface area contributed by atoms with Gasteiger partial charge in [-0.25, -0.2) is 0 Å². The molecule has 0 aliphatic heterocycles. The molecule has 0 bridgehead atoms. The van der Waals surface area contributed by atoms with Crippen LogP contribution < -0.4 is 0 Å².